The Bertz CT molecular complexity index is 1550. The van der Waals surface area contributed by atoms with E-state index in [-0.39, 0.29) is 30.0 Å². The first kappa shape index (κ1) is 22.3. The zero-order valence-electron chi connectivity index (χ0n) is 19.7. The van der Waals surface area contributed by atoms with Gasteiger partial charge in [0.25, 0.3) is 5.91 Å². The Labute approximate surface area is 207 Å². The summed E-state index contributed by atoms with van der Waals surface area (Å²) < 4.78 is 5.53. The van der Waals surface area contributed by atoms with Gasteiger partial charge < -0.3 is 9.72 Å². The third-order valence-electron chi connectivity index (χ3n) is 6.74. The van der Waals surface area contributed by atoms with Crippen LogP contribution in [0.15, 0.2) is 65.8 Å². The zero-order chi connectivity index (χ0) is 24.5. The number of anilines is 1. The van der Waals surface area contributed by atoms with Crippen LogP contribution in [0.25, 0.3) is 21.8 Å². The second kappa shape index (κ2) is 9.47. The molecule has 1 amide bonds. The fourth-order valence-corrected chi connectivity index (χ4v) is 4.91. The maximum Gasteiger partial charge on any atom is 0.276 e. The number of hydrogen-bond acceptors (Lipinski definition) is 6. The molecule has 0 unspecified atom stereocenters. The van der Waals surface area contributed by atoms with Gasteiger partial charge >= 0.3 is 0 Å². The number of ether oxygens (including phenoxy) is 1. The van der Waals surface area contributed by atoms with Gasteiger partial charge in [0.2, 0.25) is 5.95 Å². The second-order valence-electron chi connectivity index (χ2n) is 9.13. The number of aliphatic imine (C=N–C) groups is 1. The van der Waals surface area contributed by atoms with Gasteiger partial charge in [-0.15, -0.1) is 0 Å². The predicted molar refractivity (Wildman–Crippen MR) is 139 cm³/mol. The van der Waals surface area contributed by atoms with Crippen molar-refractivity contribution in [2.24, 2.45) is 4.99 Å². The molecule has 6 rings (SSSR count). The molecule has 0 atom stereocenters. The predicted octanol–water partition coefficient (Wildman–Crippen LogP) is 5.19. The quantitative estimate of drug-likeness (QED) is 0.370. The molecule has 2 aliphatic rings. The Morgan fingerprint density at radius 2 is 1.92 bits per heavy atom. The number of H-pyrrole nitrogens is 1. The van der Waals surface area contributed by atoms with E-state index in [4.69, 9.17) is 9.72 Å². The number of nitrogens with one attached hydrogen (secondary N) is 2. The van der Waals surface area contributed by atoms with E-state index in [1.807, 2.05) is 36.4 Å². The molecule has 4 aromatic rings. The molecule has 0 radical (unpaired) electrons. The lowest BCUT2D eigenvalue weighted by molar-refractivity contribution is 0.0847. The van der Waals surface area contributed by atoms with Crippen LogP contribution in [0, 0.1) is 0 Å². The molecule has 8 heteroatoms. The summed E-state index contributed by atoms with van der Waals surface area (Å²) in [7, 11) is 0. The van der Waals surface area contributed by atoms with Crippen molar-refractivity contribution in [1.29, 1.82) is 0 Å². The highest BCUT2D eigenvalue weighted by Gasteiger charge is 2.23. The fourth-order valence-electron chi connectivity index (χ4n) is 4.91. The number of imidazole rings is 1. The highest BCUT2D eigenvalue weighted by atomic mass is 16.5. The highest BCUT2D eigenvalue weighted by molar-refractivity contribution is 6.15. The number of para-hydroxylation sites is 1. The van der Waals surface area contributed by atoms with Gasteiger partial charge in [-0.2, -0.15) is 0 Å². The van der Waals surface area contributed by atoms with Crippen molar-refractivity contribution in [2.75, 3.05) is 18.5 Å². The molecule has 36 heavy (non-hydrogen) atoms. The lowest BCUT2D eigenvalue weighted by atomic mass is 9.92. The largest absolute Gasteiger partial charge is 0.381 e. The first-order chi connectivity index (χ1) is 17.7. The number of Topliss-reactive ketones (excluding diaryl/α,β-unsaturated/α-hetero) is 1. The molecule has 0 saturated carbocycles. The summed E-state index contributed by atoms with van der Waals surface area (Å²) in [5.74, 6) is 0.116. The number of amides is 1. The van der Waals surface area contributed by atoms with Crippen LogP contribution in [0.2, 0.25) is 0 Å². The van der Waals surface area contributed by atoms with Crippen LogP contribution in [0.5, 0.6) is 0 Å². The van der Waals surface area contributed by atoms with E-state index in [2.05, 4.69) is 26.3 Å². The summed E-state index contributed by atoms with van der Waals surface area (Å²) in [6.45, 7) is 1.39. The zero-order valence-corrected chi connectivity index (χ0v) is 19.7. The van der Waals surface area contributed by atoms with E-state index in [0.29, 0.717) is 41.9 Å². The van der Waals surface area contributed by atoms with E-state index in [1.54, 1.807) is 18.3 Å². The molecule has 2 aromatic heterocycles. The van der Waals surface area contributed by atoms with Gasteiger partial charge in [-0.3, -0.25) is 19.9 Å². The smallest absolute Gasteiger partial charge is 0.276 e. The van der Waals surface area contributed by atoms with Crippen LogP contribution >= 0.6 is 0 Å². The first-order valence-corrected chi connectivity index (χ1v) is 12.2. The van der Waals surface area contributed by atoms with Gasteiger partial charge in [0, 0.05) is 54.8 Å². The molecular formula is C28H25N5O3. The van der Waals surface area contributed by atoms with Crippen molar-refractivity contribution in [2.45, 2.75) is 31.6 Å². The number of fused-ring (bicyclic) bond motifs is 2. The second-order valence-corrected chi connectivity index (χ2v) is 9.13. The minimum atomic E-state index is -0.354. The number of rotatable bonds is 6. The molecule has 2 aromatic carbocycles. The van der Waals surface area contributed by atoms with Crippen LogP contribution in [0.1, 0.15) is 58.1 Å². The minimum absolute atomic E-state index is 0.0512. The number of nitrogens with zero attached hydrogens (tertiary/aromatic N) is 3. The molecule has 4 heterocycles. The van der Waals surface area contributed by atoms with E-state index < -0.39 is 0 Å². The molecule has 2 aliphatic heterocycles. The molecule has 2 N–H and O–H groups in total. The minimum Gasteiger partial charge on any atom is -0.381 e. The van der Waals surface area contributed by atoms with Crippen LogP contribution in [0.4, 0.5) is 5.95 Å². The standard InChI is InChI=1S/C28H25N5O3/c34-24(16-19-6-4-12-29-19)21-8-3-9-22-26(21)32-28(31-22)33-27(35)23-15-18-5-1-2-7-20(18)25(30-23)17-10-13-36-14-11-17/h1-5,7-9,12,15,17H,6,10-11,13-14,16H2,(H2,31,32,33,35). The fraction of sp³-hybridized carbons (Fsp3) is 0.250. The van der Waals surface area contributed by atoms with Crippen LogP contribution in [-0.2, 0) is 4.74 Å². The Balaban J connectivity index is 1.29. The van der Waals surface area contributed by atoms with Gasteiger partial charge in [-0.1, -0.05) is 36.4 Å². The normalized spacial score (nSPS) is 15.9. The third-order valence-corrected chi connectivity index (χ3v) is 6.74. The molecule has 0 spiro atoms. The molecular weight excluding hydrogens is 454 g/mol. The van der Waals surface area contributed by atoms with E-state index in [9.17, 15) is 9.59 Å². The number of aromatic nitrogens is 3. The highest BCUT2D eigenvalue weighted by Crippen LogP contribution is 2.32. The van der Waals surface area contributed by atoms with E-state index >= 15 is 0 Å². The number of hydrogen-bond donors (Lipinski definition) is 2. The topological polar surface area (TPSA) is 109 Å². The molecule has 0 aliphatic carbocycles. The number of carbonyl (C=O) groups is 2. The summed E-state index contributed by atoms with van der Waals surface area (Å²) in [5.41, 5.74) is 3.81. The molecule has 1 saturated heterocycles. The molecule has 8 nitrogen and oxygen atoms in total. The van der Waals surface area contributed by atoms with Crippen molar-refractivity contribution in [3.8, 4) is 0 Å². The maximum atomic E-state index is 13.3. The summed E-state index contributed by atoms with van der Waals surface area (Å²) in [6.07, 6.45) is 6.35. The van der Waals surface area contributed by atoms with E-state index in [0.717, 1.165) is 35.0 Å². The lowest BCUT2D eigenvalue weighted by Crippen LogP contribution is -2.19. The summed E-state index contributed by atoms with van der Waals surface area (Å²) in [4.78, 5) is 42.9. The van der Waals surface area contributed by atoms with Crippen molar-refractivity contribution in [3.05, 3.63) is 77.8 Å². The number of pyridine rings is 1. The monoisotopic (exact) mass is 479 g/mol. The average Bonchev–Trinajstić information content (AvgIpc) is 3.57. The van der Waals surface area contributed by atoms with Crippen LogP contribution in [0.3, 0.4) is 0 Å². The summed E-state index contributed by atoms with van der Waals surface area (Å²) in [5, 5.41) is 4.88. The van der Waals surface area contributed by atoms with Crippen molar-refractivity contribution in [3.63, 3.8) is 0 Å². The molecule has 0 bridgehead atoms. The summed E-state index contributed by atoms with van der Waals surface area (Å²) >= 11 is 0. The van der Waals surface area contributed by atoms with Crippen LogP contribution in [-0.4, -0.2) is 45.6 Å². The average molecular weight is 480 g/mol. The number of aromatic amines is 1. The molecule has 180 valence electrons. The number of allylic oxidation sites excluding steroid dienone is 1. The van der Waals surface area contributed by atoms with Crippen LogP contribution < -0.4 is 5.32 Å². The van der Waals surface area contributed by atoms with Gasteiger partial charge in [0.15, 0.2) is 5.78 Å². The Kier molecular flexibility index (Phi) is 5.87. The summed E-state index contributed by atoms with van der Waals surface area (Å²) in [6, 6.07) is 15.2. The number of carbonyl (C=O) groups excluding carboxylic acids is 2. The lowest BCUT2D eigenvalue weighted by Gasteiger charge is -2.23. The Hall–Kier alpha value is -4.17. The SMILES string of the molecule is O=C(Nc1nc2c(C(=O)CC3=NC=CC3)cccc2[nH]1)c1cc2ccccc2c(C2CCOCC2)n1. The van der Waals surface area contributed by atoms with Crippen molar-refractivity contribution in [1.82, 2.24) is 15.0 Å². The van der Waals surface area contributed by atoms with Gasteiger partial charge in [-0.25, -0.2) is 9.97 Å². The maximum absolute atomic E-state index is 13.3. The van der Waals surface area contributed by atoms with Gasteiger partial charge in [0.05, 0.1) is 11.2 Å². The van der Waals surface area contributed by atoms with E-state index in [1.165, 1.54) is 0 Å². The van der Waals surface area contributed by atoms with Gasteiger partial charge in [-0.05, 0) is 36.4 Å². The Morgan fingerprint density at radius 3 is 2.75 bits per heavy atom. The number of benzene rings is 2. The molecule has 1 fully saturated rings. The number of ketones is 1. The first-order valence-electron chi connectivity index (χ1n) is 12.2. The Morgan fingerprint density at radius 1 is 1.06 bits per heavy atom. The third kappa shape index (κ3) is 4.31. The van der Waals surface area contributed by atoms with Crippen molar-refractivity contribution >= 4 is 45.2 Å². The van der Waals surface area contributed by atoms with Crippen molar-refractivity contribution < 1.29 is 14.3 Å². The van der Waals surface area contributed by atoms with Gasteiger partial charge in [0.1, 0.15) is 11.2 Å².